The van der Waals surface area contributed by atoms with Gasteiger partial charge in [-0.05, 0) is 36.2 Å². The highest BCUT2D eigenvalue weighted by Crippen LogP contribution is 2.22. The highest BCUT2D eigenvalue weighted by Gasteiger charge is 2.17. The molecule has 0 bridgehead atoms. The van der Waals surface area contributed by atoms with Crippen molar-refractivity contribution in [3.8, 4) is 5.88 Å². The molecule has 25 heavy (non-hydrogen) atoms. The van der Waals surface area contributed by atoms with Crippen LogP contribution in [0.5, 0.6) is 5.88 Å². The molecule has 1 N–H and O–H groups in total. The number of amides is 1. The van der Waals surface area contributed by atoms with Crippen molar-refractivity contribution < 1.29 is 14.5 Å². The monoisotopic (exact) mass is 345 g/mol. The van der Waals surface area contributed by atoms with E-state index >= 15 is 0 Å². The minimum Gasteiger partial charge on any atom is -0.474 e. The van der Waals surface area contributed by atoms with Crippen LogP contribution >= 0.6 is 0 Å². The molecule has 1 aliphatic carbocycles. The van der Waals surface area contributed by atoms with E-state index in [1.54, 1.807) is 12.3 Å². The maximum atomic E-state index is 11.9. The fourth-order valence-corrected chi connectivity index (χ4v) is 2.70. The summed E-state index contributed by atoms with van der Waals surface area (Å²) in [6.07, 6.45) is 7.88. The molecule has 1 saturated carbocycles. The third-order valence-corrected chi connectivity index (χ3v) is 4.00. The minimum atomic E-state index is -0.602. The average Bonchev–Trinajstić information content (AvgIpc) is 3.26. The van der Waals surface area contributed by atoms with Crippen LogP contribution in [0, 0.1) is 10.1 Å². The second-order valence-corrected chi connectivity index (χ2v) is 5.93. The summed E-state index contributed by atoms with van der Waals surface area (Å²) in [4.78, 5) is 26.1. The van der Waals surface area contributed by atoms with Gasteiger partial charge >= 0.3 is 5.82 Å². The summed E-state index contributed by atoms with van der Waals surface area (Å²) in [5.41, 5.74) is 0.846. The van der Waals surface area contributed by atoms with E-state index in [1.807, 2.05) is 6.07 Å². The summed E-state index contributed by atoms with van der Waals surface area (Å²) in [7, 11) is 0. The predicted octanol–water partition coefficient (Wildman–Crippen LogP) is 1.82. The lowest BCUT2D eigenvalue weighted by Gasteiger charge is -2.12. The van der Waals surface area contributed by atoms with E-state index in [1.165, 1.54) is 29.8 Å². The number of nitrogens with one attached hydrogen (secondary N) is 1. The van der Waals surface area contributed by atoms with Crippen molar-refractivity contribution in [2.24, 2.45) is 0 Å². The SMILES string of the molecule is O=C(Cn1ccc([N+](=O)[O-])n1)NCc1ccc(OC2CCCC2)nc1. The van der Waals surface area contributed by atoms with Crippen molar-refractivity contribution in [2.75, 3.05) is 0 Å². The lowest BCUT2D eigenvalue weighted by molar-refractivity contribution is -0.389. The van der Waals surface area contributed by atoms with E-state index in [-0.39, 0.29) is 24.4 Å². The zero-order valence-corrected chi connectivity index (χ0v) is 13.6. The second kappa shape index (κ2) is 7.73. The van der Waals surface area contributed by atoms with Gasteiger partial charge in [0.25, 0.3) is 0 Å². The average molecular weight is 345 g/mol. The molecule has 9 heteroatoms. The van der Waals surface area contributed by atoms with Gasteiger partial charge in [-0.25, -0.2) is 4.98 Å². The van der Waals surface area contributed by atoms with E-state index in [4.69, 9.17) is 4.74 Å². The smallest absolute Gasteiger partial charge is 0.389 e. The molecule has 0 saturated heterocycles. The van der Waals surface area contributed by atoms with Gasteiger partial charge < -0.3 is 20.2 Å². The van der Waals surface area contributed by atoms with Gasteiger partial charge in [0.05, 0.1) is 17.4 Å². The van der Waals surface area contributed by atoms with E-state index in [0.29, 0.717) is 12.4 Å². The molecule has 0 aromatic carbocycles. The normalized spacial score (nSPS) is 14.4. The Morgan fingerprint density at radius 2 is 2.16 bits per heavy atom. The topological polar surface area (TPSA) is 112 Å². The number of rotatable bonds is 7. The number of aromatic nitrogens is 3. The maximum absolute atomic E-state index is 11.9. The Morgan fingerprint density at radius 1 is 1.36 bits per heavy atom. The van der Waals surface area contributed by atoms with Crippen LogP contribution in [-0.2, 0) is 17.9 Å². The van der Waals surface area contributed by atoms with Crippen molar-refractivity contribution in [1.29, 1.82) is 0 Å². The van der Waals surface area contributed by atoms with Crippen LogP contribution in [0.15, 0.2) is 30.6 Å². The van der Waals surface area contributed by atoms with E-state index in [9.17, 15) is 14.9 Å². The van der Waals surface area contributed by atoms with Crippen LogP contribution in [0.2, 0.25) is 0 Å². The van der Waals surface area contributed by atoms with Gasteiger partial charge in [-0.2, -0.15) is 4.68 Å². The summed E-state index contributed by atoms with van der Waals surface area (Å²) in [6, 6.07) is 4.91. The van der Waals surface area contributed by atoms with Gasteiger partial charge in [-0.1, -0.05) is 6.07 Å². The molecular formula is C16H19N5O4. The van der Waals surface area contributed by atoms with Gasteiger partial charge in [0.1, 0.15) is 12.6 Å². The minimum absolute atomic E-state index is 0.0792. The van der Waals surface area contributed by atoms with Gasteiger partial charge in [-0.15, -0.1) is 0 Å². The first-order chi connectivity index (χ1) is 12.1. The molecule has 0 unspecified atom stereocenters. The Kier molecular flexibility index (Phi) is 5.22. The molecule has 1 amide bonds. The van der Waals surface area contributed by atoms with Crippen LogP contribution in [-0.4, -0.2) is 31.7 Å². The largest absolute Gasteiger partial charge is 0.474 e. The third kappa shape index (κ3) is 4.75. The summed E-state index contributed by atoms with van der Waals surface area (Å²) in [6.45, 7) is 0.239. The Bertz CT molecular complexity index is 737. The Morgan fingerprint density at radius 3 is 2.80 bits per heavy atom. The fourth-order valence-electron chi connectivity index (χ4n) is 2.70. The summed E-state index contributed by atoms with van der Waals surface area (Å²) < 4.78 is 7.02. The molecule has 1 fully saturated rings. The number of nitro groups is 1. The van der Waals surface area contributed by atoms with Crippen molar-refractivity contribution in [3.05, 3.63) is 46.3 Å². The van der Waals surface area contributed by atoms with E-state index in [2.05, 4.69) is 15.4 Å². The molecule has 2 aromatic heterocycles. The molecule has 0 radical (unpaired) electrons. The number of nitrogens with zero attached hydrogens (tertiary/aromatic N) is 4. The summed E-state index contributed by atoms with van der Waals surface area (Å²) >= 11 is 0. The van der Waals surface area contributed by atoms with Gasteiger partial charge in [0, 0.05) is 18.8 Å². The summed E-state index contributed by atoms with van der Waals surface area (Å²) in [5, 5.41) is 17.0. The van der Waals surface area contributed by atoms with E-state index < -0.39 is 4.92 Å². The molecule has 0 atom stereocenters. The van der Waals surface area contributed by atoms with Gasteiger partial charge in [0.15, 0.2) is 0 Å². The van der Waals surface area contributed by atoms with Crippen LogP contribution in [0.25, 0.3) is 0 Å². The zero-order valence-electron chi connectivity index (χ0n) is 13.6. The first-order valence-corrected chi connectivity index (χ1v) is 8.16. The molecular weight excluding hydrogens is 326 g/mol. The molecule has 0 aliphatic heterocycles. The van der Waals surface area contributed by atoms with Crippen LogP contribution < -0.4 is 10.1 Å². The van der Waals surface area contributed by atoms with Crippen LogP contribution in [0.4, 0.5) is 5.82 Å². The number of carbonyl (C=O) groups excluding carboxylic acids is 1. The first-order valence-electron chi connectivity index (χ1n) is 8.16. The number of ether oxygens (including phenoxy) is 1. The summed E-state index contributed by atoms with van der Waals surface area (Å²) in [5.74, 6) is 0.0324. The van der Waals surface area contributed by atoms with Crippen LogP contribution in [0.3, 0.4) is 0 Å². The molecule has 132 valence electrons. The first kappa shape index (κ1) is 16.9. The molecule has 3 rings (SSSR count). The number of hydrogen-bond acceptors (Lipinski definition) is 6. The number of pyridine rings is 1. The predicted molar refractivity (Wildman–Crippen MR) is 87.8 cm³/mol. The standard InChI is InChI=1S/C16H19N5O4/c22-15(11-20-8-7-14(19-20)21(23)24)17-9-12-5-6-16(18-10-12)25-13-3-1-2-4-13/h5-8,10,13H,1-4,9,11H2,(H,17,22). The lowest BCUT2D eigenvalue weighted by Crippen LogP contribution is -2.27. The Labute approximate surface area is 144 Å². The van der Waals surface area contributed by atoms with Crippen molar-refractivity contribution >= 4 is 11.7 Å². The van der Waals surface area contributed by atoms with Gasteiger partial charge in [-0.3, -0.25) is 4.79 Å². The number of carbonyl (C=O) groups is 1. The maximum Gasteiger partial charge on any atom is 0.389 e. The van der Waals surface area contributed by atoms with Crippen molar-refractivity contribution in [1.82, 2.24) is 20.1 Å². The molecule has 1 aliphatic rings. The third-order valence-electron chi connectivity index (χ3n) is 4.00. The zero-order chi connectivity index (χ0) is 17.6. The molecule has 2 heterocycles. The van der Waals surface area contributed by atoms with Gasteiger partial charge in [0.2, 0.25) is 11.8 Å². The lowest BCUT2D eigenvalue weighted by atomic mass is 10.3. The molecule has 0 spiro atoms. The van der Waals surface area contributed by atoms with Crippen LogP contribution in [0.1, 0.15) is 31.2 Å². The number of hydrogen-bond donors (Lipinski definition) is 1. The van der Waals surface area contributed by atoms with Crippen molar-refractivity contribution in [3.63, 3.8) is 0 Å². The molecule has 2 aromatic rings. The highest BCUT2D eigenvalue weighted by atomic mass is 16.6. The fraction of sp³-hybridized carbons (Fsp3) is 0.438. The second-order valence-electron chi connectivity index (χ2n) is 5.93. The van der Waals surface area contributed by atoms with E-state index in [0.717, 1.165) is 18.4 Å². The highest BCUT2D eigenvalue weighted by molar-refractivity contribution is 5.75. The Balaban J connectivity index is 1.45. The Hall–Kier alpha value is -2.97. The quantitative estimate of drug-likeness (QED) is 0.605. The van der Waals surface area contributed by atoms with Crippen molar-refractivity contribution in [2.45, 2.75) is 44.9 Å². The molecule has 9 nitrogen and oxygen atoms in total.